The highest BCUT2D eigenvalue weighted by atomic mass is 16.5. The number of nitrogens with one attached hydrogen (secondary N) is 2. The minimum atomic E-state index is -0.368. The lowest BCUT2D eigenvalue weighted by Crippen LogP contribution is -2.35. The number of ether oxygens (including phenoxy) is 2. The van der Waals surface area contributed by atoms with Gasteiger partial charge in [0.05, 0.1) is 42.6 Å². The number of aliphatic hydroxyl groups excluding tert-OH is 1. The van der Waals surface area contributed by atoms with Crippen molar-refractivity contribution >= 4 is 28.1 Å². The fraction of sp³-hybridized carbons (Fsp3) is 0.238. The molecule has 7 nitrogen and oxygen atoms in total. The predicted octanol–water partition coefficient (Wildman–Crippen LogP) is 4.13. The van der Waals surface area contributed by atoms with Gasteiger partial charge in [-0.3, -0.25) is 5.41 Å². The average molecular weight is 378 g/mol. The fourth-order valence-corrected chi connectivity index (χ4v) is 3.61. The van der Waals surface area contributed by atoms with Crippen molar-refractivity contribution in [3.05, 3.63) is 54.0 Å². The number of para-hydroxylation sites is 2. The van der Waals surface area contributed by atoms with Crippen LogP contribution in [0.15, 0.2) is 48.2 Å². The predicted molar refractivity (Wildman–Crippen MR) is 109 cm³/mol. The number of nitrogens with zero attached hydrogens (tertiary/aromatic N) is 2. The van der Waals surface area contributed by atoms with E-state index < -0.39 is 0 Å². The first-order chi connectivity index (χ1) is 13.6. The van der Waals surface area contributed by atoms with Gasteiger partial charge >= 0.3 is 0 Å². The third kappa shape index (κ3) is 2.76. The van der Waals surface area contributed by atoms with Crippen LogP contribution < -0.4 is 14.4 Å². The smallest absolute Gasteiger partial charge is 0.145 e. The number of H-pyrrole nitrogens is 1. The monoisotopic (exact) mass is 378 g/mol. The van der Waals surface area contributed by atoms with Crippen molar-refractivity contribution in [1.29, 1.82) is 5.41 Å². The van der Waals surface area contributed by atoms with Gasteiger partial charge in [-0.15, -0.1) is 0 Å². The Balaban J connectivity index is 1.81. The molecule has 1 atom stereocenters. The summed E-state index contributed by atoms with van der Waals surface area (Å²) in [7, 11) is 3.17. The Labute approximate surface area is 162 Å². The number of imidazole rings is 1. The van der Waals surface area contributed by atoms with E-state index in [4.69, 9.17) is 14.9 Å². The number of amidine groups is 1. The molecule has 28 heavy (non-hydrogen) atoms. The quantitative estimate of drug-likeness (QED) is 0.621. The maximum Gasteiger partial charge on any atom is 0.145 e. The van der Waals surface area contributed by atoms with Crippen LogP contribution in [0.3, 0.4) is 0 Å². The van der Waals surface area contributed by atoms with E-state index >= 15 is 0 Å². The van der Waals surface area contributed by atoms with Crippen molar-refractivity contribution in [2.45, 2.75) is 19.4 Å². The summed E-state index contributed by atoms with van der Waals surface area (Å²) in [4.78, 5) is 9.56. The van der Waals surface area contributed by atoms with E-state index in [1.807, 2.05) is 43.3 Å². The van der Waals surface area contributed by atoms with E-state index in [-0.39, 0.29) is 17.6 Å². The molecular weight excluding hydrogens is 356 g/mol. The van der Waals surface area contributed by atoms with E-state index in [1.54, 1.807) is 25.2 Å². The number of rotatable bonds is 5. The van der Waals surface area contributed by atoms with E-state index in [0.29, 0.717) is 35.0 Å². The minimum Gasteiger partial charge on any atom is -0.509 e. The van der Waals surface area contributed by atoms with Gasteiger partial charge in [0, 0.05) is 18.2 Å². The summed E-state index contributed by atoms with van der Waals surface area (Å²) in [5.41, 5.74) is 2.77. The molecule has 0 saturated heterocycles. The molecule has 7 heteroatoms. The van der Waals surface area contributed by atoms with Crippen LogP contribution >= 0.6 is 0 Å². The molecule has 144 valence electrons. The molecule has 0 spiro atoms. The third-order valence-electron chi connectivity index (χ3n) is 4.99. The summed E-state index contributed by atoms with van der Waals surface area (Å²) >= 11 is 0. The Morgan fingerprint density at radius 1 is 1.14 bits per heavy atom. The first-order valence-electron chi connectivity index (χ1n) is 9.06. The molecule has 1 unspecified atom stereocenters. The molecule has 4 rings (SSSR count). The van der Waals surface area contributed by atoms with Crippen LogP contribution in [0.2, 0.25) is 0 Å². The van der Waals surface area contributed by atoms with Gasteiger partial charge in [-0.05, 0) is 18.6 Å². The van der Waals surface area contributed by atoms with Gasteiger partial charge < -0.3 is 24.5 Å². The molecule has 0 aliphatic carbocycles. The lowest BCUT2D eigenvalue weighted by atomic mass is 10.1. The molecule has 1 aromatic heterocycles. The van der Waals surface area contributed by atoms with Gasteiger partial charge in [0.25, 0.3) is 0 Å². The molecule has 0 saturated carbocycles. The number of anilines is 1. The maximum atomic E-state index is 11.0. The van der Waals surface area contributed by atoms with E-state index in [1.165, 1.54) is 0 Å². The zero-order chi connectivity index (χ0) is 19.8. The molecular formula is C21H22N4O3. The average Bonchev–Trinajstić information content (AvgIpc) is 3.24. The molecule has 1 aliphatic rings. The fourth-order valence-electron chi connectivity index (χ4n) is 3.61. The summed E-state index contributed by atoms with van der Waals surface area (Å²) in [6, 6.07) is 12.7. The highest BCUT2D eigenvalue weighted by molar-refractivity contribution is 6.31. The first kappa shape index (κ1) is 17.9. The maximum absolute atomic E-state index is 11.0. The van der Waals surface area contributed by atoms with Gasteiger partial charge in [0.2, 0.25) is 0 Å². The van der Waals surface area contributed by atoms with E-state index in [9.17, 15) is 5.11 Å². The van der Waals surface area contributed by atoms with Crippen LogP contribution in [-0.4, -0.2) is 41.2 Å². The van der Waals surface area contributed by atoms with Crippen LogP contribution in [0.4, 0.5) is 5.69 Å². The molecule has 0 amide bonds. The summed E-state index contributed by atoms with van der Waals surface area (Å²) in [6.45, 7) is 1.97. The van der Waals surface area contributed by atoms with Crippen molar-refractivity contribution in [3.8, 4) is 11.5 Å². The Hall–Kier alpha value is -3.48. The Bertz CT molecular complexity index is 1030. The highest BCUT2D eigenvalue weighted by Gasteiger charge is 2.39. The van der Waals surface area contributed by atoms with Gasteiger partial charge in [-0.25, -0.2) is 4.98 Å². The number of hydrogen-bond acceptors (Lipinski definition) is 5. The number of aromatic nitrogens is 2. The van der Waals surface area contributed by atoms with Crippen LogP contribution in [0, 0.1) is 5.41 Å². The number of methoxy groups -OCH3 is 2. The van der Waals surface area contributed by atoms with Crippen LogP contribution in [0.1, 0.15) is 19.2 Å². The molecule has 0 bridgehead atoms. The topological polar surface area (TPSA) is 94.5 Å². The minimum absolute atomic E-state index is 0.133. The highest BCUT2D eigenvalue weighted by Crippen LogP contribution is 2.39. The van der Waals surface area contributed by atoms with Crippen LogP contribution in [-0.2, 0) is 0 Å². The normalized spacial score (nSPS) is 16.9. The molecule has 3 aromatic rings. The van der Waals surface area contributed by atoms with Gasteiger partial charge in [-0.2, -0.15) is 0 Å². The SMILES string of the molecule is CCC1C(O)=C(c2nc3ccccc3[nH]2)C(=N)N1c1cc(OC)cc(OC)c1. The van der Waals surface area contributed by atoms with Crippen molar-refractivity contribution in [3.63, 3.8) is 0 Å². The summed E-state index contributed by atoms with van der Waals surface area (Å²) < 4.78 is 10.7. The van der Waals surface area contributed by atoms with Crippen molar-refractivity contribution in [2.75, 3.05) is 19.1 Å². The summed E-state index contributed by atoms with van der Waals surface area (Å²) in [6.07, 6.45) is 0.622. The largest absolute Gasteiger partial charge is 0.509 e. The molecule has 3 N–H and O–H groups in total. The standard InChI is InChI=1S/C21H22N4O3/c1-4-17-19(26)18(21-23-15-7-5-6-8-16(15)24-21)20(22)25(17)12-9-13(27-2)11-14(10-12)28-3/h5-11,17,22,26H,4H2,1-3H3,(H,23,24). The van der Waals surface area contributed by atoms with Gasteiger partial charge in [-0.1, -0.05) is 19.1 Å². The lowest BCUT2D eigenvalue weighted by Gasteiger charge is -2.27. The second kappa shape index (κ2) is 6.92. The number of benzene rings is 2. The zero-order valence-corrected chi connectivity index (χ0v) is 16.0. The third-order valence-corrected chi connectivity index (χ3v) is 4.99. The first-order valence-corrected chi connectivity index (χ1v) is 9.06. The van der Waals surface area contributed by atoms with Crippen molar-refractivity contribution < 1.29 is 14.6 Å². The van der Waals surface area contributed by atoms with Crippen molar-refractivity contribution in [2.24, 2.45) is 0 Å². The Morgan fingerprint density at radius 2 is 1.82 bits per heavy atom. The van der Waals surface area contributed by atoms with Gasteiger partial charge in [0.1, 0.15) is 28.9 Å². The van der Waals surface area contributed by atoms with E-state index in [0.717, 1.165) is 11.0 Å². The van der Waals surface area contributed by atoms with Crippen molar-refractivity contribution in [1.82, 2.24) is 9.97 Å². The number of fused-ring (bicyclic) bond motifs is 1. The van der Waals surface area contributed by atoms with E-state index in [2.05, 4.69) is 9.97 Å². The summed E-state index contributed by atoms with van der Waals surface area (Å²) in [5.74, 6) is 2.04. The molecule has 1 aliphatic heterocycles. The zero-order valence-electron chi connectivity index (χ0n) is 16.0. The lowest BCUT2D eigenvalue weighted by molar-refractivity contribution is 0.372. The molecule has 0 fully saturated rings. The van der Waals surface area contributed by atoms with Gasteiger partial charge in [0.15, 0.2) is 0 Å². The second-order valence-corrected chi connectivity index (χ2v) is 6.58. The second-order valence-electron chi connectivity index (χ2n) is 6.58. The Morgan fingerprint density at radius 3 is 2.43 bits per heavy atom. The number of aliphatic hydroxyl groups is 1. The van der Waals surface area contributed by atoms with Crippen LogP contribution in [0.5, 0.6) is 11.5 Å². The number of hydrogen-bond donors (Lipinski definition) is 3. The molecule has 2 aromatic carbocycles. The Kier molecular flexibility index (Phi) is 4.43. The van der Waals surface area contributed by atoms with Crippen LogP contribution in [0.25, 0.3) is 16.6 Å². The molecule has 2 heterocycles. The number of aromatic amines is 1. The molecule has 0 radical (unpaired) electrons. The summed E-state index contributed by atoms with van der Waals surface area (Å²) in [5, 5.41) is 19.8.